The second-order valence-corrected chi connectivity index (χ2v) is 6.37. The highest BCUT2D eigenvalue weighted by molar-refractivity contribution is 7.12. The number of hydrogen-bond donors (Lipinski definition) is 0. The first kappa shape index (κ1) is 17.1. The van der Waals surface area contributed by atoms with Gasteiger partial charge in [0.15, 0.2) is 0 Å². The van der Waals surface area contributed by atoms with E-state index in [0.29, 0.717) is 11.5 Å². The monoisotopic (exact) mass is 349 g/mol. The molecule has 0 aliphatic rings. The van der Waals surface area contributed by atoms with Gasteiger partial charge in [0.05, 0.1) is 18.0 Å². The highest BCUT2D eigenvalue weighted by Crippen LogP contribution is 2.31. The van der Waals surface area contributed by atoms with E-state index in [1.807, 2.05) is 79.9 Å². The third-order valence-electron chi connectivity index (χ3n) is 3.80. The zero-order valence-electron chi connectivity index (χ0n) is 14.2. The Morgan fingerprint density at radius 1 is 1.00 bits per heavy atom. The van der Waals surface area contributed by atoms with E-state index in [0.717, 1.165) is 28.1 Å². The van der Waals surface area contributed by atoms with E-state index in [9.17, 15) is 4.79 Å². The van der Waals surface area contributed by atoms with Crippen molar-refractivity contribution in [3.8, 4) is 0 Å². The Kier molecular flexibility index (Phi) is 5.41. The number of thiophene rings is 1. The largest absolute Gasteiger partial charge is 0.462 e. The molecule has 0 aliphatic heterocycles. The van der Waals surface area contributed by atoms with Crippen molar-refractivity contribution in [2.45, 2.75) is 13.8 Å². The summed E-state index contributed by atoms with van der Waals surface area (Å²) in [6.45, 7) is 4.09. The predicted molar refractivity (Wildman–Crippen MR) is 103 cm³/mol. The Labute approximate surface area is 151 Å². The van der Waals surface area contributed by atoms with E-state index in [2.05, 4.69) is 0 Å². The van der Waals surface area contributed by atoms with Crippen molar-refractivity contribution in [2.75, 3.05) is 6.61 Å². The number of carbonyl (C=O) groups is 1. The molecule has 1 aromatic heterocycles. The minimum atomic E-state index is -0.285. The van der Waals surface area contributed by atoms with Crippen LogP contribution in [-0.2, 0) is 4.74 Å². The summed E-state index contributed by atoms with van der Waals surface area (Å²) in [6.07, 6.45) is 0. The molecule has 3 aromatic rings. The third kappa shape index (κ3) is 3.86. The van der Waals surface area contributed by atoms with Gasteiger partial charge in [-0.2, -0.15) is 0 Å². The zero-order valence-corrected chi connectivity index (χ0v) is 15.0. The van der Waals surface area contributed by atoms with E-state index in [-0.39, 0.29) is 5.97 Å². The lowest BCUT2D eigenvalue weighted by Crippen LogP contribution is -2.04. The van der Waals surface area contributed by atoms with Gasteiger partial charge in [0.1, 0.15) is 4.88 Å². The van der Waals surface area contributed by atoms with Crippen molar-refractivity contribution >= 4 is 28.7 Å². The first-order valence-corrected chi connectivity index (χ1v) is 9.03. The smallest absolute Gasteiger partial charge is 0.348 e. The molecule has 0 bridgehead atoms. The van der Waals surface area contributed by atoms with Gasteiger partial charge in [0.25, 0.3) is 0 Å². The van der Waals surface area contributed by atoms with E-state index >= 15 is 0 Å². The molecular weight excluding hydrogens is 330 g/mol. The Morgan fingerprint density at radius 3 is 2.08 bits per heavy atom. The van der Waals surface area contributed by atoms with Crippen LogP contribution < -0.4 is 0 Å². The number of aliphatic imine (C=N–C) groups is 1. The molecule has 25 heavy (non-hydrogen) atoms. The van der Waals surface area contributed by atoms with Crippen molar-refractivity contribution in [2.24, 2.45) is 4.99 Å². The highest BCUT2D eigenvalue weighted by atomic mass is 32.1. The standard InChI is InChI=1S/C21H19NO2S/c1-3-24-21(23)20-15(2)18(14-25-20)22-19(16-10-6-4-7-11-16)17-12-8-5-9-13-17/h4-14H,3H2,1-2H3. The summed E-state index contributed by atoms with van der Waals surface area (Å²) in [6, 6.07) is 20.1. The molecule has 0 N–H and O–H groups in total. The number of nitrogens with zero attached hydrogens (tertiary/aromatic N) is 1. The Bertz CT molecular complexity index is 841. The molecule has 4 heteroatoms. The van der Waals surface area contributed by atoms with Gasteiger partial charge < -0.3 is 4.74 Å². The second kappa shape index (κ2) is 7.90. The fourth-order valence-electron chi connectivity index (χ4n) is 2.52. The molecule has 0 aliphatic carbocycles. The van der Waals surface area contributed by atoms with E-state index in [1.165, 1.54) is 11.3 Å². The summed E-state index contributed by atoms with van der Waals surface area (Å²) in [5.74, 6) is -0.285. The molecule has 0 atom stereocenters. The predicted octanol–water partition coefficient (Wildman–Crippen LogP) is 5.40. The lowest BCUT2D eigenvalue weighted by Gasteiger charge is -2.07. The van der Waals surface area contributed by atoms with Crippen molar-refractivity contribution in [1.82, 2.24) is 0 Å². The summed E-state index contributed by atoms with van der Waals surface area (Å²) in [4.78, 5) is 17.5. The van der Waals surface area contributed by atoms with Gasteiger partial charge in [-0.25, -0.2) is 9.79 Å². The highest BCUT2D eigenvalue weighted by Gasteiger charge is 2.16. The normalized spacial score (nSPS) is 10.3. The fraction of sp³-hybridized carbons (Fsp3) is 0.143. The van der Waals surface area contributed by atoms with E-state index < -0.39 is 0 Å². The SMILES string of the molecule is CCOC(=O)c1scc(N=C(c2ccccc2)c2ccccc2)c1C. The number of hydrogen-bond acceptors (Lipinski definition) is 4. The topological polar surface area (TPSA) is 38.7 Å². The van der Waals surface area contributed by atoms with Crippen molar-refractivity contribution in [3.05, 3.63) is 87.6 Å². The molecular formula is C21H19NO2S. The van der Waals surface area contributed by atoms with Crippen LogP contribution in [-0.4, -0.2) is 18.3 Å². The molecule has 0 unspecified atom stereocenters. The number of benzene rings is 2. The summed E-state index contributed by atoms with van der Waals surface area (Å²) >= 11 is 1.37. The van der Waals surface area contributed by atoms with Gasteiger partial charge in [-0.3, -0.25) is 0 Å². The maximum absolute atomic E-state index is 12.0. The quantitative estimate of drug-likeness (QED) is 0.457. The summed E-state index contributed by atoms with van der Waals surface area (Å²) in [5, 5.41) is 1.91. The van der Waals surface area contributed by atoms with Gasteiger partial charge >= 0.3 is 5.97 Å². The molecule has 0 saturated heterocycles. The van der Waals surface area contributed by atoms with Crippen LogP contribution in [0.3, 0.4) is 0 Å². The first-order chi connectivity index (χ1) is 12.2. The number of ether oxygens (including phenoxy) is 1. The van der Waals surface area contributed by atoms with Crippen LogP contribution in [0.1, 0.15) is 33.3 Å². The Hall–Kier alpha value is -2.72. The van der Waals surface area contributed by atoms with Gasteiger partial charge in [0, 0.05) is 22.1 Å². The number of rotatable bonds is 5. The maximum Gasteiger partial charge on any atom is 0.348 e. The molecule has 1 heterocycles. The molecule has 3 rings (SSSR count). The van der Waals surface area contributed by atoms with Gasteiger partial charge in [-0.05, 0) is 13.8 Å². The van der Waals surface area contributed by atoms with Crippen LogP contribution in [0.5, 0.6) is 0 Å². The van der Waals surface area contributed by atoms with Crippen molar-refractivity contribution in [3.63, 3.8) is 0 Å². The molecule has 2 aromatic carbocycles. The molecule has 0 spiro atoms. The number of carbonyl (C=O) groups excluding carboxylic acids is 1. The van der Waals surface area contributed by atoms with Gasteiger partial charge in [-0.15, -0.1) is 11.3 Å². The average Bonchev–Trinajstić information content (AvgIpc) is 3.02. The van der Waals surface area contributed by atoms with Crippen LogP contribution in [0.25, 0.3) is 0 Å². The Balaban J connectivity index is 2.07. The maximum atomic E-state index is 12.0. The fourth-order valence-corrected chi connectivity index (χ4v) is 3.42. The van der Waals surface area contributed by atoms with Crippen molar-refractivity contribution < 1.29 is 9.53 Å². The van der Waals surface area contributed by atoms with Gasteiger partial charge in [0.2, 0.25) is 0 Å². The van der Waals surface area contributed by atoms with Crippen LogP contribution in [0.2, 0.25) is 0 Å². The molecule has 3 nitrogen and oxygen atoms in total. The lowest BCUT2D eigenvalue weighted by atomic mass is 10.0. The summed E-state index contributed by atoms with van der Waals surface area (Å²) in [5.41, 5.74) is 4.62. The molecule has 126 valence electrons. The minimum absolute atomic E-state index is 0.285. The summed E-state index contributed by atoms with van der Waals surface area (Å²) in [7, 11) is 0. The Morgan fingerprint density at radius 2 is 1.56 bits per heavy atom. The van der Waals surface area contributed by atoms with Gasteiger partial charge in [-0.1, -0.05) is 60.7 Å². The molecule has 0 amide bonds. The van der Waals surface area contributed by atoms with Crippen LogP contribution in [0.4, 0.5) is 5.69 Å². The minimum Gasteiger partial charge on any atom is -0.462 e. The molecule has 0 fully saturated rings. The summed E-state index contributed by atoms with van der Waals surface area (Å²) < 4.78 is 5.12. The lowest BCUT2D eigenvalue weighted by molar-refractivity contribution is 0.0531. The van der Waals surface area contributed by atoms with Crippen molar-refractivity contribution in [1.29, 1.82) is 0 Å². The third-order valence-corrected chi connectivity index (χ3v) is 4.85. The van der Waals surface area contributed by atoms with Crippen LogP contribution >= 0.6 is 11.3 Å². The molecule has 0 radical (unpaired) electrons. The average molecular weight is 349 g/mol. The van der Waals surface area contributed by atoms with Crippen LogP contribution in [0, 0.1) is 6.92 Å². The molecule has 0 saturated carbocycles. The second-order valence-electron chi connectivity index (χ2n) is 5.49. The zero-order chi connectivity index (χ0) is 17.6. The van der Waals surface area contributed by atoms with E-state index in [4.69, 9.17) is 9.73 Å². The van der Waals surface area contributed by atoms with Crippen LogP contribution in [0.15, 0.2) is 71.0 Å². The first-order valence-electron chi connectivity index (χ1n) is 8.15. The number of esters is 1. The van der Waals surface area contributed by atoms with E-state index in [1.54, 1.807) is 0 Å².